The molecule has 0 amide bonds. The van der Waals surface area contributed by atoms with Crippen molar-refractivity contribution in [3.05, 3.63) is 64.7 Å². The molecule has 0 heterocycles. The number of aryl methyl sites for hydroxylation is 3. The third kappa shape index (κ3) is 3.35. The molecule has 2 aromatic carbocycles. The van der Waals surface area contributed by atoms with Gasteiger partial charge in [0.05, 0.1) is 0 Å². The van der Waals surface area contributed by atoms with Crippen molar-refractivity contribution in [2.75, 3.05) is 5.32 Å². The lowest BCUT2D eigenvalue weighted by Gasteiger charge is -2.09. The zero-order chi connectivity index (χ0) is 12.3. The summed E-state index contributed by atoms with van der Waals surface area (Å²) in [5.74, 6) is 0. The van der Waals surface area contributed by atoms with Crippen LogP contribution >= 0.6 is 0 Å². The van der Waals surface area contributed by atoms with Crippen LogP contribution in [-0.2, 0) is 6.54 Å². The number of hydrogen-bond donors (Lipinski definition) is 1. The van der Waals surface area contributed by atoms with Gasteiger partial charge in [-0.25, -0.2) is 0 Å². The highest BCUT2D eigenvalue weighted by atomic mass is 14.9. The minimum absolute atomic E-state index is 0.881. The molecule has 1 heteroatoms. The van der Waals surface area contributed by atoms with E-state index in [9.17, 15) is 0 Å². The summed E-state index contributed by atoms with van der Waals surface area (Å²) in [7, 11) is 0. The van der Waals surface area contributed by atoms with Gasteiger partial charge < -0.3 is 5.32 Å². The van der Waals surface area contributed by atoms with E-state index in [0.717, 1.165) is 6.54 Å². The van der Waals surface area contributed by atoms with Crippen molar-refractivity contribution in [2.45, 2.75) is 27.3 Å². The standard InChI is InChI=1S/C16H19N/c1-12-5-4-6-16(10-12)17-11-15-8-13(2)7-14(3)9-15/h4-10,17H,11H2,1-3H3. The molecule has 1 nitrogen and oxygen atoms in total. The Morgan fingerprint density at radius 1 is 0.824 bits per heavy atom. The fraction of sp³-hybridized carbons (Fsp3) is 0.250. The lowest BCUT2D eigenvalue weighted by Crippen LogP contribution is -2.00. The van der Waals surface area contributed by atoms with Gasteiger partial charge in [-0.05, 0) is 44.0 Å². The molecule has 0 aliphatic heterocycles. The van der Waals surface area contributed by atoms with Crippen molar-refractivity contribution in [1.82, 2.24) is 0 Å². The maximum atomic E-state index is 3.46. The van der Waals surface area contributed by atoms with E-state index < -0.39 is 0 Å². The van der Waals surface area contributed by atoms with Crippen LogP contribution in [0, 0.1) is 20.8 Å². The van der Waals surface area contributed by atoms with Crippen LogP contribution in [0.1, 0.15) is 22.3 Å². The van der Waals surface area contributed by atoms with Crippen LogP contribution in [0.15, 0.2) is 42.5 Å². The van der Waals surface area contributed by atoms with Crippen LogP contribution in [0.2, 0.25) is 0 Å². The third-order valence-electron chi connectivity index (χ3n) is 2.80. The summed E-state index contributed by atoms with van der Waals surface area (Å²) in [4.78, 5) is 0. The van der Waals surface area contributed by atoms with Gasteiger partial charge in [-0.15, -0.1) is 0 Å². The van der Waals surface area contributed by atoms with E-state index in [0.29, 0.717) is 0 Å². The summed E-state index contributed by atoms with van der Waals surface area (Å²) in [6, 6.07) is 15.1. The molecule has 17 heavy (non-hydrogen) atoms. The number of benzene rings is 2. The van der Waals surface area contributed by atoms with Gasteiger partial charge in [-0.2, -0.15) is 0 Å². The molecule has 0 bridgehead atoms. The van der Waals surface area contributed by atoms with Gasteiger partial charge >= 0.3 is 0 Å². The molecular weight excluding hydrogens is 206 g/mol. The Morgan fingerprint density at radius 3 is 2.18 bits per heavy atom. The average Bonchev–Trinajstić information content (AvgIpc) is 2.25. The van der Waals surface area contributed by atoms with Gasteiger partial charge in [0.25, 0.3) is 0 Å². The first-order valence-electron chi connectivity index (χ1n) is 6.01. The molecule has 88 valence electrons. The normalized spacial score (nSPS) is 10.3. The quantitative estimate of drug-likeness (QED) is 0.824. The topological polar surface area (TPSA) is 12.0 Å². The highest BCUT2D eigenvalue weighted by molar-refractivity contribution is 5.46. The molecule has 0 radical (unpaired) electrons. The van der Waals surface area contributed by atoms with Gasteiger partial charge in [-0.1, -0.05) is 41.5 Å². The van der Waals surface area contributed by atoms with E-state index in [4.69, 9.17) is 0 Å². The van der Waals surface area contributed by atoms with Crippen molar-refractivity contribution < 1.29 is 0 Å². The average molecular weight is 225 g/mol. The molecule has 1 N–H and O–H groups in total. The summed E-state index contributed by atoms with van der Waals surface area (Å²) in [6.07, 6.45) is 0. The van der Waals surface area contributed by atoms with Crippen LogP contribution in [0.25, 0.3) is 0 Å². The van der Waals surface area contributed by atoms with Gasteiger partial charge in [-0.3, -0.25) is 0 Å². The number of hydrogen-bond acceptors (Lipinski definition) is 1. The second kappa shape index (κ2) is 5.05. The molecule has 0 atom stereocenters. The third-order valence-corrected chi connectivity index (χ3v) is 2.80. The number of nitrogens with one attached hydrogen (secondary N) is 1. The first kappa shape index (κ1) is 11.7. The number of anilines is 1. The largest absolute Gasteiger partial charge is 0.381 e. The van der Waals surface area contributed by atoms with Crippen molar-refractivity contribution in [3.8, 4) is 0 Å². The Bertz CT molecular complexity index is 494. The summed E-state index contributed by atoms with van der Waals surface area (Å²) in [5, 5.41) is 3.46. The molecule has 0 spiro atoms. The van der Waals surface area contributed by atoms with Crippen molar-refractivity contribution in [1.29, 1.82) is 0 Å². The SMILES string of the molecule is Cc1cc(C)cc(CNc2cccc(C)c2)c1. The second-order valence-electron chi connectivity index (χ2n) is 4.72. The highest BCUT2D eigenvalue weighted by Crippen LogP contribution is 2.13. The number of rotatable bonds is 3. The lowest BCUT2D eigenvalue weighted by molar-refractivity contribution is 1.13. The zero-order valence-corrected chi connectivity index (χ0v) is 10.7. The first-order chi connectivity index (χ1) is 8.13. The summed E-state index contributed by atoms with van der Waals surface area (Å²) in [5.41, 5.74) is 6.46. The second-order valence-corrected chi connectivity index (χ2v) is 4.72. The summed E-state index contributed by atoms with van der Waals surface area (Å²) >= 11 is 0. The van der Waals surface area contributed by atoms with Gasteiger partial charge in [0.15, 0.2) is 0 Å². The van der Waals surface area contributed by atoms with Crippen LogP contribution in [0.3, 0.4) is 0 Å². The van der Waals surface area contributed by atoms with E-state index in [1.807, 2.05) is 0 Å². The van der Waals surface area contributed by atoms with Crippen molar-refractivity contribution >= 4 is 5.69 Å². The van der Waals surface area contributed by atoms with Crippen LogP contribution in [0.4, 0.5) is 5.69 Å². The maximum Gasteiger partial charge on any atom is 0.0400 e. The molecule has 2 aromatic rings. The van der Waals surface area contributed by atoms with Crippen LogP contribution in [-0.4, -0.2) is 0 Å². The lowest BCUT2D eigenvalue weighted by atomic mass is 10.1. The molecule has 0 saturated heterocycles. The van der Waals surface area contributed by atoms with Crippen molar-refractivity contribution in [3.63, 3.8) is 0 Å². The van der Waals surface area contributed by atoms with Gasteiger partial charge in [0, 0.05) is 12.2 Å². The van der Waals surface area contributed by atoms with E-state index >= 15 is 0 Å². The first-order valence-corrected chi connectivity index (χ1v) is 6.01. The minimum Gasteiger partial charge on any atom is -0.381 e. The molecular formula is C16H19N. The summed E-state index contributed by atoms with van der Waals surface area (Å²) in [6.45, 7) is 7.28. The van der Waals surface area contributed by atoms with Gasteiger partial charge in [0.2, 0.25) is 0 Å². The summed E-state index contributed by atoms with van der Waals surface area (Å²) < 4.78 is 0. The Kier molecular flexibility index (Phi) is 3.48. The predicted octanol–water partition coefficient (Wildman–Crippen LogP) is 4.22. The monoisotopic (exact) mass is 225 g/mol. The van der Waals surface area contributed by atoms with Gasteiger partial charge in [0.1, 0.15) is 0 Å². The predicted molar refractivity (Wildman–Crippen MR) is 74.4 cm³/mol. The Hall–Kier alpha value is -1.76. The fourth-order valence-electron chi connectivity index (χ4n) is 2.13. The Balaban J connectivity index is 2.07. The fourth-order valence-corrected chi connectivity index (χ4v) is 2.13. The molecule has 0 unspecified atom stereocenters. The molecule has 0 fully saturated rings. The zero-order valence-electron chi connectivity index (χ0n) is 10.7. The van der Waals surface area contributed by atoms with E-state index in [2.05, 4.69) is 68.6 Å². The van der Waals surface area contributed by atoms with Crippen molar-refractivity contribution in [2.24, 2.45) is 0 Å². The molecule has 0 saturated carbocycles. The van der Waals surface area contributed by atoms with E-state index in [1.165, 1.54) is 27.9 Å². The molecule has 0 aliphatic carbocycles. The van der Waals surface area contributed by atoms with E-state index in [-0.39, 0.29) is 0 Å². The Labute approximate surface area is 103 Å². The molecule has 0 aliphatic rings. The smallest absolute Gasteiger partial charge is 0.0400 e. The van der Waals surface area contributed by atoms with E-state index in [1.54, 1.807) is 0 Å². The van der Waals surface area contributed by atoms with Crippen LogP contribution < -0.4 is 5.32 Å². The maximum absolute atomic E-state index is 3.46. The highest BCUT2D eigenvalue weighted by Gasteiger charge is 1.97. The molecule has 0 aromatic heterocycles. The Morgan fingerprint density at radius 2 is 1.53 bits per heavy atom. The minimum atomic E-state index is 0.881. The van der Waals surface area contributed by atoms with Crippen LogP contribution in [0.5, 0.6) is 0 Å². The molecule has 2 rings (SSSR count).